The molecule has 0 aliphatic carbocycles. The highest BCUT2D eigenvalue weighted by Gasteiger charge is 2.28. The summed E-state index contributed by atoms with van der Waals surface area (Å²) in [5.41, 5.74) is 3.11. The maximum atomic E-state index is 13.8. The van der Waals surface area contributed by atoms with Gasteiger partial charge < -0.3 is 15.5 Å². The highest BCUT2D eigenvalue weighted by Crippen LogP contribution is 2.34. The van der Waals surface area contributed by atoms with Crippen molar-refractivity contribution in [2.75, 3.05) is 22.6 Å². The van der Waals surface area contributed by atoms with Gasteiger partial charge in [0, 0.05) is 18.7 Å². The molecule has 8 nitrogen and oxygen atoms in total. The van der Waals surface area contributed by atoms with E-state index in [1.807, 2.05) is 31.9 Å². The summed E-state index contributed by atoms with van der Waals surface area (Å²) in [6, 6.07) is 5.62. The molecular weight excluding hydrogens is 424 g/mol. The summed E-state index contributed by atoms with van der Waals surface area (Å²) in [4.78, 5) is 18.4. The molecular formula is C20H23F2N7OS. The van der Waals surface area contributed by atoms with E-state index in [1.165, 1.54) is 16.8 Å². The molecule has 1 atom stereocenters. The number of amides is 1. The van der Waals surface area contributed by atoms with Crippen LogP contribution in [0, 0.1) is 18.6 Å². The van der Waals surface area contributed by atoms with Crippen molar-refractivity contribution in [1.82, 2.24) is 20.0 Å². The lowest BCUT2D eigenvalue weighted by molar-refractivity contribution is -0.117. The fourth-order valence-electron chi connectivity index (χ4n) is 3.31. The number of halogens is 2. The van der Waals surface area contributed by atoms with Crippen LogP contribution in [0.15, 0.2) is 30.5 Å². The summed E-state index contributed by atoms with van der Waals surface area (Å²) >= 11 is 0. The number of carbonyl (C=O) groups is 1. The lowest BCUT2D eigenvalue weighted by Gasteiger charge is -2.34. The van der Waals surface area contributed by atoms with Crippen molar-refractivity contribution in [2.45, 2.75) is 33.0 Å². The second-order valence-corrected chi connectivity index (χ2v) is 7.24. The topological polar surface area (TPSA) is 88.0 Å². The summed E-state index contributed by atoms with van der Waals surface area (Å²) in [6.45, 7) is 4.09. The summed E-state index contributed by atoms with van der Waals surface area (Å²) in [5, 5.41) is 14.1. The Morgan fingerprint density at radius 2 is 2.06 bits per heavy atom. The average molecular weight is 448 g/mol. The number of nitrogens with zero attached hydrogens (tertiary/aromatic N) is 5. The first-order valence-electron chi connectivity index (χ1n) is 9.44. The molecule has 1 aliphatic rings. The van der Waals surface area contributed by atoms with E-state index in [4.69, 9.17) is 0 Å². The van der Waals surface area contributed by atoms with Gasteiger partial charge in [0.05, 0.1) is 36.4 Å². The van der Waals surface area contributed by atoms with E-state index < -0.39 is 11.6 Å². The number of likely N-dealkylation sites (N-methyl/N-ethyl adjacent to an activating group) is 1. The highest BCUT2D eigenvalue weighted by atomic mass is 32.1. The summed E-state index contributed by atoms with van der Waals surface area (Å²) < 4.78 is 28.6. The second-order valence-electron chi connectivity index (χ2n) is 7.24. The molecule has 2 N–H and O–H groups in total. The van der Waals surface area contributed by atoms with Crippen LogP contribution in [0.2, 0.25) is 0 Å². The lowest BCUT2D eigenvalue weighted by atomic mass is 10.1. The van der Waals surface area contributed by atoms with Crippen LogP contribution >= 0.6 is 13.5 Å². The average Bonchev–Trinajstić information content (AvgIpc) is 3.16. The Morgan fingerprint density at radius 1 is 1.29 bits per heavy atom. The van der Waals surface area contributed by atoms with Crippen LogP contribution in [-0.2, 0) is 17.9 Å². The number of hydrogen-bond donors (Lipinski definition) is 2. The molecule has 1 amide bonds. The largest absolute Gasteiger partial charge is 0.364 e. The Kier molecular flexibility index (Phi) is 6.44. The van der Waals surface area contributed by atoms with Crippen molar-refractivity contribution < 1.29 is 13.6 Å². The molecule has 11 heteroatoms. The standard InChI is InChI=1S/C20H21F2N7O.H2S/c1-11-19-16(28(3)12(2)20(30)25-19)7-17(24-11)23-8-14-10-29(27-26-14)9-13-5-4-6-15(21)18(13)22;/h4-7,10,12H,8-9H2,1-3H3,(H,23,24)(H,25,30);1H2/t12-;/m0./s1. The van der Waals surface area contributed by atoms with Crippen molar-refractivity contribution in [3.63, 3.8) is 0 Å². The van der Waals surface area contributed by atoms with E-state index in [0.717, 1.165) is 11.8 Å². The number of aryl methyl sites for hydroxylation is 1. The van der Waals surface area contributed by atoms with Gasteiger partial charge in [-0.25, -0.2) is 18.4 Å². The number of carbonyl (C=O) groups excluding carboxylic acids is 1. The van der Waals surface area contributed by atoms with Crippen molar-refractivity contribution in [2.24, 2.45) is 0 Å². The molecule has 31 heavy (non-hydrogen) atoms. The number of rotatable bonds is 5. The predicted molar refractivity (Wildman–Crippen MR) is 119 cm³/mol. The summed E-state index contributed by atoms with van der Waals surface area (Å²) in [6.07, 6.45) is 1.66. The van der Waals surface area contributed by atoms with Gasteiger partial charge in [0.25, 0.3) is 0 Å². The first-order chi connectivity index (χ1) is 14.3. The van der Waals surface area contributed by atoms with Gasteiger partial charge in [-0.15, -0.1) is 5.10 Å². The molecule has 1 aliphatic heterocycles. The summed E-state index contributed by atoms with van der Waals surface area (Å²) in [7, 11) is 1.86. The van der Waals surface area contributed by atoms with E-state index in [9.17, 15) is 13.6 Å². The molecule has 4 rings (SSSR count). The molecule has 3 aromatic rings. The molecule has 0 saturated heterocycles. The van der Waals surface area contributed by atoms with Gasteiger partial charge in [0.2, 0.25) is 5.91 Å². The number of fused-ring (bicyclic) bond motifs is 1. The molecule has 164 valence electrons. The van der Waals surface area contributed by atoms with Crippen LogP contribution in [0.3, 0.4) is 0 Å². The Hall–Kier alpha value is -3.21. The Balaban J connectivity index is 0.00000272. The summed E-state index contributed by atoms with van der Waals surface area (Å²) in [5.74, 6) is -1.21. The zero-order valence-corrected chi connectivity index (χ0v) is 18.3. The van der Waals surface area contributed by atoms with Gasteiger partial charge in [0.15, 0.2) is 11.6 Å². The van der Waals surface area contributed by atoms with Gasteiger partial charge in [-0.05, 0) is 19.9 Å². The first kappa shape index (κ1) is 22.5. The minimum absolute atomic E-state index is 0. The van der Waals surface area contributed by atoms with Crippen LogP contribution in [-0.4, -0.2) is 39.0 Å². The van der Waals surface area contributed by atoms with E-state index >= 15 is 0 Å². The predicted octanol–water partition coefficient (Wildman–Crippen LogP) is 2.81. The minimum atomic E-state index is -0.890. The Labute approximate surface area is 185 Å². The highest BCUT2D eigenvalue weighted by molar-refractivity contribution is 7.59. The van der Waals surface area contributed by atoms with Gasteiger partial charge >= 0.3 is 0 Å². The number of aromatic nitrogens is 4. The number of anilines is 3. The molecule has 0 saturated carbocycles. The quantitative estimate of drug-likeness (QED) is 0.626. The zero-order chi connectivity index (χ0) is 21.4. The Morgan fingerprint density at radius 3 is 2.84 bits per heavy atom. The Bertz CT molecular complexity index is 1120. The van der Waals surface area contributed by atoms with Gasteiger partial charge in [0.1, 0.15) is 17.6 Å². The first-order valence-corrected chi connectivity index (χ1v) is 9.44. The molecule has 3 heterocycles. The third-order valence-corrected chi connectivity index (χ3v) is 5.17. The van der Waals surface area contributed by atoms with Gasteiger partial charge in [-0.1, -0.05) is 17.3 Å². The third-order valence-electron chi connectivity index (χ3n) is 5.17. The van der Waals surface area contributed by atoms with E-state index in [1.54, 1.807) is 6.20 Å². The molecule has 0 fully saturated rings. The minimum Gasteiger partial charge on any atom is -0.364 e. The van der Waals surface area contributed by atoms with E-state index in [2.05, 4.69) is 25.9 Å². The molecule has 2 aromatic heterocycles. The number of pyridine rings is 1. The van der Waals surface area contributed by atoms with Gasteiger partial charge in [-0.2, -0.15) is 13.5 Å². The van der Waals surface area contributed by atoms with Crippen molar-refractivity contribution in [1.29, 1.82) is 0 Å². The van der Waals surface area contributed by atoms with Crippen LogP contribution in [0.25, 0.3) is 0 Å². The fraction of sp³-hybridized carbons (Fsp3) is 0.300. The number of hydrogen-bond acceptors (Lipinski definition) is 6. The lowest BCUT2D eigenvalue weighted by Crippen LogP contribution is -2.44. The molecule has 0 radical (unpaired) electrons. The normalized spacial score (nSPS) is 15.2. The fourth-order valence-corrected chi connectivity index (χ4v) is 3.31. The van der Waals surface area contributed by atoms with Gasteiger partial charge in [-0.3, -0.25) is 4.79 Å². The second kappa shape index (κ2) is 8.88. The molecule has 0 bridgehead atoms. The van der Waals surface area contributed by atoms with Crippen LogP contribution < -0.4 is 15.5 Å². The monoisotopic (exact) mass is 447 g/mol. The smallest absolute Gasteiger partial charge is 0.246 e. The SMILES string of the molecule is Cc1nc(NCc2cn(Cc3cccc(F)c3F)nn2)cc2c1NC(=O)[C@H](C)N2C.S. The zero-order valence-electron chi connectivity index (χ0n) is 17.3. The van der Waals surface area contributed by atoms with Crippen molar-refractivity contribution in [3.05, 3.63) is 59.0 Å². The van der Waals surface area contributed by atoms with Crippen molar-refractivity contribution in [3.8, 4) is 0 Å². The molecule has 0 unspecified atom stereocenters. The molecule has 1 aromatic carbocycles. The van der Waals surface area contributed by atoms with E-state index in [-0.39, 0.29) is 37.6 Å². The van der Waals surface area contributed by atoms with E-state index in [0.29, 0.717) is 29.4 Å². The van der Waals surface area contributed by atoms with Crippen LogP contribution in [0.5, 0.6) is 0 Å². The number of benzene rings is 1. The number of nitrogens with one attached hydrogen (secondary N) is 2. The van der Waals surface area contributed by atoms with Crippen LogP contribution in [0.4, 0.5) is 26.0 Å². The maximum absolute atomic E-state index is 13.8. The third kappa shape index (κ3) is 4.46. The van der Waals surface area contributed by atoms with Crippen LogP contribution in [0.1, 0.15) is 23.9 Å². The molecule has 0 spiro atoms. The maximum Gasteiger partial charge on any atom is 0.246 e. The van der Waals surface area contributed by atoms with Crippen molar-refractivity contribution >= 4 is 36.6 Å².